The van der Waals surface area contributed by atoms with Gasteiger partial charge in [0.25, 0.3) is 0 Å². The molecule has 0 spiro atoms. The second-order valence-electron chi connectivity index (χ2n) is 7.53. The van der Waals surface area contributed by atoms with Gasteiger partial charge in [-0.2, -0.15) is 5.10 Å². The van der Waals surface area contributed by atoms with Crippen LogP contribution in [0.5, 0.6) is 0 Å². The summed E-state index contributed by atoms with van der Waals surface area (Å²) in [5.41, 5.74) is 12.9. The molecular formula is C26H19N5. The molecule has 3 aromatic carbocycles. The van der Waals surface area contributed by atoms with Crippen molar-refractivity contribution in [3.05, 3.63) is 108 Å². The average Bonchev–Trinajstić information content (AvgIpc) is 3.40. The molecule has 5 aromatic rings. The van der Waals surface area contributed by atoms with Crippen molar-refractivity contribution in [2.75, 3.05) is 0 Å². The van der Waals surface area contributed by atoms with E-state index < -0.39 is 0 Å². The van der Waals surface area contributed by atoms with E-state index in [4.69, 9.17) is 10.1 Å². The number of hydrogen-bond donors (Lipinski definition) is 2. The number of nitrogens with one attached hydrogen (secondary N) is 2. The number of benzene rings is 3. The molecule has 0 fully saturated rings. The minimum absolute atomic E-state index is 0.679. The van der Waals surface area contributed by atoms with Crippen molar-refractivity contribution in [2.45, 2.75) is 6.54 Å². The predicted molar refractivity (Wildman–Crippen MR) is 124 cm³/mol. The van der Waals surface area contributed by atoms with Gasteiger partial charge in [-0.1, -0.05) is 72.8 Å². The molecule has 6 rings (SSSR count). The third-order valence-electron chi connectivity index (χ3n) is 5.63. The van der Waals surface area contributed by atoms with Gasteiger partial charge in [0.1, 0.15) is 5.82 Å². The summed E-state index contributed by atoms with van der Waals surface area (Å²) in [6.45, 7) is 0.679. The first-order valence-corrected chi connectivity index (χ1v) is 10.3. The van der Waals surface area contributed by atoms with E-state index in [1.165, 1.54) is 11.1 Å². The molecule has 2 aromatic heterocycles. The molecule has 2 N–H and O–H groups in total. The normalized spacial score (nSPS) is 13.4. The van der Waals surface area contributed by atoms with Gasteiger partial charge in [-0.15, -0.1) is 0 Å². The highest BCUT2D eigenvalue weighted by atomic mass is 15.3. The molecule has 0 aliphatic heterocycles. The van der Waals surface area contributed by atoms with E-state index >= 15 is 0 Å². The van der Waals surface area contributed by atoms with Gasteiger partial charge in [0.05, 0.1) is 29.5 Å². The van der Waals surface area contributed by atoms with E-state index in [1.54, 1.807) is 6.20 Å². The molecule has 0 radical (unpaired) electrons. The number of fused-ring (bicyclic) bond motifs is 4. The van der Waals surface area contributed by atoms with Gasteiger partial charge in [-0.25, -0.2) is 4.98 Å². The first-order valence-electron chi connectivity index (χ1n) is 10.3. The van der Waals surface area contributed by atoms with Crippen LogP contribution in [-0.2, 0) is 6.54 Å². The van der Waals surface area contributed by atoms with Crippen LogP contribution in [-0.4, -0.2) is 20.7 Å². The Kier molecular flexibility index (Phi) is 4.10. The summed E-state index contributed by atoms with van der Waals surface area (Å²) < 4.78 is 0. The highest BCUT2D eigenvalue weighted by molar-refractivity contribution is 6.26. The van der Waals surface area contributed by atoms with Gasteiger partial charge in [-0.3, -0.25) is 4.98 Å². The van der Waals surface area contributed by atoms with Crippen molar-refractivity contribution in [3.8, 4) is 22.5 Å². The molecule has 1 aliphatic rings. The van der Waals surface area contributed by atoms with Gasteiger partial charge >= 0.3 is 0 Å². The van der Waals surface area contributed by atoms with Crippen LogP contribution in [0, 0.1) is 0 Å². The Hall–Kier alpha value is -4.25. The zero-order valence-corrected chi connectivity index (χ0v) is 16.7. The smallest absolute Gasteiger partial charge is 0.139 e. The number of hydrazone groups is 1. The molecule has 2 heterocycles. The minimum Gasteiger partial charge on any atom is -0.337 e. The van der Waals surface area contributed by atoms with Crippen LogP contribution in [0.3, 0.4) is 0 Å². The SMILES string of the molecule is c1ccc(CN/N=C2\c3ccccc3-c3c2cccc3-c2nc3ccncc3[nH]2)cc1. The fraction of sp³-hybridized carbons (Fsp3) is 0.0385. The van der Waals surface area contributed by atoms with Crippen molar-refractivity contribution in [1.82, 2.24) is 20.4 Å². The first kappa shape index (κ1) is 17.6. The van der Waals surface area contributed by atoms with Crippen molar-refractivity contribution >= 4 is 16.7 Å². The Bertz CT molecular complexity index is 1400. The number of H-pyrrole nitrogens is 1. The fourth-order valence-corrected chi connectivity index (χ4v) is 4.20. The molecule has 0 bridgehead atoms. The van der Waals surface area contributed by atoms with Crippen LogP contribution in [0.1, 0.15) is 16.7 Å². The lowest BCUT2D eigenvalue weighted by Gasteiger charge is -2.07. The summed E-state index contributed by atoms with van der Waals surface area (Å²) >= 11 is 0. The van der Waals surface area contributed by atoms with Gasteiger partial charge in [-0.05, 0) is 17.2 Å². The Balaban J connectivity index is 1.46. The van der Waals surface area contributed by atoms with E-state index in [1.807, 2.05) is 30.5 Å². The molecule has 1 aliphatic carbocycles. The van der Waals surface area contributed by atoms with Crippen LogP contribution in [0.15, 0.2) is 96.4 Å². The van der Waals surface area contributed by atoms with Crippen molar-refractivity contribution < 1.29 is 0 Å². The molecular weight excluding hydrogens is 382 g/mol. The topological polar surface area (TPSA) is 66.0 Å². The third kappa shape index (κ3) is 2.99. The quantitative estimate of drug-likeness (QED) is 0.402. The molecule has 5 nitrogen and oxygen atoms in total. The highest BCUT2D eigenvalue weighted by Crippen LogP contribution is 2.42. The molecule has 0 unspecified atom stereocenters. The summed E-state index contributed by atoms with van der Waals surface area (Å²) in [6.07, 6.45) is 3.57. The number of hydrogen-bond acceptors (Lipinski definition) is 4. The second kappa shape index (κ2) is 7.22. The third-order valence-corrected chi connectivity index (χ3v) is 5.63. The average molecular weight is 401 g/mol. The van der Waals surface area contributed by atoms with E-state index in [0.29, 0.717) is 6.54 Å². The lowest BCUT2D eigenvalue weighted by Crippen LogP contribution is -2.10. The maximum Gasteiger partial charge on any atom is 0.139 e. The second-order valence-corrected chi connectivity index (χ2v) is 7.53. The Labute approximate surface area is 179 Å². The predicted octanol–water partition coefficient (Wildman–Crippen LogP) is 5.15. The molecule has 0 saturated carbocycles. The molecule has 0 amide bonds. The summed E-state index contributed by atoms with van der Waals surface area (Å²) in [5, 5.41) is 4.80. The summed E-state index contributed by atoms with van der Waals surface area (Å²) in [4.78, 5) is 12.4. The number of aromatic amines is 1. The van der Waals surface area contributed by atoms with E-state index in [0.717, 1.165) is 44.8 Å². The summed E-state index contributed by atoms with van der Waals surface area (Å²) in [6, 6.07) is 26.9. The van der Waals surface area contributed by atoms with Crippen LogP contribution < -0.4 is 5.43 Å². The van der Waals surface area contributed by atoms with Gasteiger partial charge in [0, 0.05) is 28.5 Å². The van der Waals surface area contributed by atoms with E-state index in [2.05, 4.69) is 70.0 Å². The number of aromatic nitrogens is 3. The number of imidazole rings is 1. The maximum atomic E-state index is 4.81. The highest BCUT2D eigenvalue weighted by Gasteiger charge is 2.28. The summed E-state index contributed by atoms with van der Waals surface area (Å²) in [5.74, 6) is 0.841. The fourth-order valence-electron chi connectivity index (χ4n) is 4.20. The van der Waals surface area contributed by atoms with Crippen molar-refractivity contribution in [2.24, 2.45) is 5.10 Å². The monoisotopic (exact) mass is 401 g/mol. The van der Waals surface area contributed by atoms with E-state index in [9.17, 15) is 0 Å². The zero-order chi connectivity index (χ0) is 20.6. The molecule has 31 heavy (non-hydrogen) atoms. The Morgan fingerprint density at radius 1 is 0.774 bits per heavy atom. The Morgan fingerprint density at radius 2 is 1.55 bits per heavy atom. The number of pyridine rings is 1. The van der Waals surface area contributed by atoms with Crippen LogP contribution in [0.4, 0.5) is 0 Å². The maximum absolute atomic E-state index is 4.81. The molecule has 148 valence electrons. The van der Waals surface area contributed by atoms with Gasteiger partial charge in [0.2, 0.25) is 0 Å². The largest absolute Gasteiger partial charge is 0.337 e. The zero-order valence-electron chi connectivity index (χ0n) is 16.7. The standard InChI is InChI=1S/C26H19N5/c1-2-7-17(8-3-1)15-28-31-25-19-10-5-4-9-18(19)24-20(25)11-6-12-21(24)26-29-22-13-14-27-16-23(22)30-26/h1-14,16,28H,15H2,(H,29,30)/b31-25+. The molecule has 0 saturated heterocycles. The van der Waals surface area contributed by atoms with Crippen LogP contribution >= 0.6 is 0 Å². The lowest BCUT2D eigenvalue weighted by atomic mass is 9.99. The van der Waals surface area contributed by atoms with Gasteiger partial charge < -0.3 is 10.4 Å². The number of rotatable bonds is 4. The van der Waals surface area contributed by atoms with E-state index in [-0.39, 0.29) is 0 Å². The van der Waals surface area contributed by atoms with Crippen molar-refractivity contribution in [3.63, 3.8) is 0 Å². The van der Waals surface area contributed by atoms with Crippen LogP contribution in [0.25, 0.3) is 33.5 Å². The van der Waals surface area contributed by atoms with Gasteiger partial charge in [0.15, 0.2) is 0 Å². The number of nitrogens with zero attached hydrogens (tertiary/aromatic N) is 3. The first-order chi connectivity index (χ1) is 15.4. The Morgan fingerprint density at radius 3 is 2.42 bits per heavy atom. The summed E-state index contributed by atoms with van der Waals surface area (Å²) in [7, 11) is 0. The van der Waals surface area contributed by atoms with Crippen LogP contribution in [0.2, 0.25) is 0 Å². The molecule has 5 heteroatoms. The minimum atomic E-state index is 0.679. The van der Waals surface area contributed by atoms with Crippen molar-refractivity contribution in [1.29, 1.82) is 0 Å². The molecule has 0 atom stereocenters. The lowest BCUT2D eigenvalue weighted by molar-refractivity contribution is 0.745.